The minimum atomic E-state index is -2.66. The third kappa shape index (κ3) is 3.25. The number of benzene rings is 1. The zero-order valence-corrected chi connectivity index (χ0v) is 10.3. The summed E-state index contributed by atoms with van der Waals surface area (Å²) in [4.78, 5) is 0. The lowest BCUT2D eigenvalue weighted by Gasteiger charge is -2.33. The van der Waals surface area contributed by atoms with E-state index >= 15 is 0 Å². The normalized spacial score (nSPS) is 21.3. The molecule has 0 aromatic heterocycles. The molecule has 106 valence electrons. The summed E-state index contributed by atoms with van der Waals surface area (Å²) in [6.07, 6.45) is -0.0186. The third-order valence-corrected chi connectivity index (χ3v) is 3.71. The molecule has 0 spiro atoms. The van der Waals surface area contributed by atoms with E-state index in [-0.39, 0.29) is 37.2 Å². The molecule has 1 unspecified atom stereocenters. The highest BCUT2D eigenvalue weighted by molar-refractivity contribution is 5.23. The van der Waals surface area contributed by atoms with Crippen molar-refractivity contribution in [3.8, 4) is 0 Å². The SMILES string of the molecule is NNC(c1cc(F)ccc1F)C1CCC(F)(F)CC1. The van der Waals surface area contributed by atoms with Crippen LogP contribution in [0.25, 0.3) is 0 Å². The number of halogens is 4. The molecular weight excluding hydrogens is 260 g/mol. The van der Waals surface area contributed by atoms with Gasteiger partial charge in [0.15, 0.2) is 0 Å². The van der Waals surface area contributed by atoms with Gasteiger partial charge in [-0.15, -0.1) is 0 Å². The molecule has 2 nitrogen and oxygen atoms in total. The third-order valence-electron chi connectivity index (χ3n) is 3.71. The van der Waals surface area contributed by atoms with Gasteiger partial charge in [0.1, 0.15) is 11.6 Å². The number of alkyl halides is 2. The lowest BCUT2D eigenvalue weighted by atomic mass is 9.80. The zero-order chi connectivity index (χ0) is 14.0. The second kappa shape index (κ2) is 5.46. The van der Waals surface area contributed by atoms with Gasteiger partial charge in [-0.25, -0.2) is 17.6 Å². The Morgan fingerprint density at radius 1 is 1.21 bits per heavy atom. The summed E-state index contributed by atoms with van der Waals surface area (Å²) in [5.41, 5.74) is 2.53. The molecule has 1 aromatic rings. The predicted molar refractivity (Wildman–Crippen MR) is 63.3 cm³/mol. The van der Waals surface area contributed by atoms with Crippen molar-refractivity contribution < 1.29 is 17.6 Å². The van der Waals surface area contributed by atoms with Gasteiger partial charge in [-0.2, -0.15) is 0 Å². The lowest BCUT2D eigenvalue weighted by molar-refractivity contribution is -0.0499. The number of hydrazine groups is 1. The van der Waals surface area contributed by atoms with Crippen LogP contribution in [0, 0.1) is 17.6 Å². The van der Waals surface area contributed by atoms with Gasteiger partial charge in [0.05, 0.1) is 6.04 Å². The first-order chi connectivity index (χ1) is 8.93. The summed E-state index contributed by atoms with van der Waals surface area (Å²) in [5, 5.41) is 0. The Morgan fingerprint density at radius 3 is 2.42 bits per heavy atom. The Hall–Kier alpha value is -1.14. The Bertz CT molecular complexity index is 440. The fourth-order valence-electron chi connectivity index (χ4n) is 2.63. The molecule has 3 N–H and O–H groups in total. The van der Waals surface area contributed by atoms with Crippen LogP contribution in [0.1, 0.15) is 37.3 Å². The van der Waals surface area contributed by atoms with Crippen molar-refractivity contribution in [1.29, 1.82) is 0 Å². The molecule has 1 aromatic carbocycles. The maximum Gasteiger partial charge on any atom is 0.248 e. The molecule has 0 bridgehead atoms. The van der Waals surface area contributed by atoms with Gasteiger partial charge < -0.3 is 0 Å². The molecule has 1 aliphatic carbocycles. The van der Waals surface area contributed by atoms with E-state index in [0.717, 1.165) is 18.2 Å². The highest BCUT2D eigenvalue weighted by Crippen LogP contribution is 2.41. The lowest BCUT2D eigenvalue weighted by Crippen LogP contribution is -2.37. The topological polar surface area (TPSA) is 38.0 Å². The molecule has 19 heavy (non-hydrogen) atoms. The highest BCUT2D eigenvalue weighted by atomic mass is 19.3. The van der Waals surface area contributed by atoms with Crippen molar-refractivity contribution in [3.63, 3.8) is 0 Å². The number of rotatable bonds is 3. The number of nitrogens with two attached hydrogens (primary N) is 1. The van der Waals surface area contributed by atoms with Crippen molar-refractivity contribution in [2.45, 2.75) is 37.6 Å². The first-order valence-corrected chi connectivity index (χ1v) is 6.22. The summed E-state index contributed by atoms with van der Waals surface area (Å²) < 4.78 is 53.1. The van der Waals surface area contributed by atoms with Crippen molar-refractivity contribution in [2.75, 3.05) is 0 Å². The average Bonchev–Trinajstić information content (AvgIpc) is 2.36. The standard InChI is InChI=1S/C13H16F4N2/c14-9-1-2-11(15)10(7-9)12(19-18)8-3-5-13(16,17)6-4-8/h1-2,7-8,12,19H,3-6,18H2. The van der Waals surface area contributed by atoms with E-state index in [1.54, 1.807) is 0 Å². The maximum atomic E-state index is 13.7. The van der Waals surface area contributed by atoms with Gasteiger partial charge in [-0.3, -0.25) is 11.3 Å². The fraction of sp³-hybridized carbons (Fsp3) is 0.538. The zero-order valence-electron chi connectivity index (χ0n) is 10.3. The van der Waals surface area contributed by atoms with E-state index < -0.39 is 23.6 Å². The van der Waals surface area contributed by atoms with Gasteiger partial charge in [-0.05, 0) is 37.0 Å². The van der Waals surface area contributed by atoms with Gasteiger partial charge in [0.2, 0.25) is 5.92 Å². The minimum Gasteiger partial charge on any atom is -0.271 e. The molecule has 0 aliphatic heterocycles. The van der Waals surface area contributed by atoms with Gasteiger partial charge in [0.25, 0.3) is 0 Å². The van der Waals surface area contributed by atoms with E-state index in [4.69, 9.17) is 5.84 Å². The Balaban J connectivity index is 2.18. The Kier molecular flexibility index (Phi) is 4.10. The summed E-state index contributed by atoms with van der Waals surface area (Å²) >= 11 is 0. The molecule has 0 saturated heterocycles. The predicted octanol–water partition coefficient (Wildman–Crippen LogP) is 3.29. The molecule has 0 amide bonds. The van der Waals surface area contributed by atoms with Crippen molar-refractivity contribution >= 4 is 0 Å². The molecule has 1 saturated carbocycles. The molecule has 0 radical (unpaired) electrons. The average molecular weight is 276 g/mol. The summed E-state index contributed by atoms with van der Waals surface area (Å²) in [6, 6.07) is 2.45. The van der Waals surface area contributed by atoms with E-state index in [1.807, 2.05) is 0 Å². The first kappa shape index (κ1) is 14.3. The van der Waals surface area contributed by atoms with Crippen LogP contribution in [0.5, 0.6) is 0 Å². The highest BCUT2D eigenvalue weighted by Gasteiger charge is 2.38. The van der Waals surface area contributed by atoms with Crippen molar-refractivity contribution in [3.05, 3.63) is 35.4 Å². The van der Waals surface area contributed by atoms with E-state index in [0.29, 0.717) is 0 Å². The monoisotopic (exact) mass is 276 g/mol. The van der Waals surface area contributed by atoms with Crippen LogP contribution >= 0.6 is 0 Å². The van der Waals surface area contributed by atoms with Crippen LogP contribution in [0.2, 0.25) is 0 Å². The Morgan fingerprint density at radius 2 is 1.84 bits per heavy atom. The van der Waals surface area contributed by atoms with Gasteiger partial charge in [0, 0.05) is 18.4 Å². The van der Waals surface area contributed by atoms with Crippen LogP contribution in [0.15, 0.2) is 18.2 Å². The summed E-state index contributed by atoms with van der Waals surface area (Å²) in [6.45, 7) is 0. The second-order valence-corrected chi connectivity index (χ2v) is 5.00. The van der Waals surface area contributed by atoms with Crippen LogP contribution in [0.3, 0.4) is 0 Å². The Labute approximate surface area is 109 Å². The molecule has 0 heterocycles. The largest absolute Gasteiger partial charge is 0.271 e. The van der Waals surface area contributed by atoms with Crippen LogP contribution in [-0.2, 0) is 0 Å². The summed E-state index contributed by atoms with van der Waals surface area (Å²) in [5.74, 6) is 1.36. The fourth-order valence-corrected chi connectivity index (χ4v) is 2.63. The van der Waals surface area contributed by atoms with Crippen LogP contribution < -0.4 is 11.3 Å². The van der Waals surface area contributed by atoms with E-state index in [9.17, 15) is 17.6 Å². The van der Waals surface area contributed by atoms with Crippen LogP contribution in [0.4, 0.5) is 17.6 Å². The minimum absolute atomic E-state index is 0.0951. The number of nitrogens with one attached hydrogen (secondary N) is 1. The van der Waals surface area contributed by atoms with Crippen LogP contribution in [-0.4, -0.2) is 5.92 Å². The maximum absolute atomic E-state index is 13.7. The summed E-state index contributed by atoms with van der Waals surface area (Å²) in [7, 11) is 0. The number of hydrogen-bond donors (Lipinski definition) is 2. The van der Waals surface area contributed by atoms with E-state index in [2.05, 4.69) is 5.43 Å². The molecular formula is C13H16F4N2. The molecule has 2 rings (SSSR count). The van der Waals surface area contributed by atoms with Crippen molar-refractivity contribution in [2.24, 2.45) is 11.8 Å². The molecule has 1 atom stereocenters. The van der Waals surface area contributed by atoms with E-state index in [1.165, 1.54) is 0 Å². The molecule has 1 aliphatic rings. The van der Waals surface area contributed by atoms with Crippen molar-refractivity contribution in [1.82, 2.24) is 5.43 Å². The molecule has 6 heteroatoms. The first-order valence-electron chi connectivity index (χ1n) is 6.22. The quantitative estimate of drug-likeness (QED) is 0.505. The number of hydrogen-bond acceptors (Lipinski definition) is 2. The molecule has 1 fully saturated rings. The van der Waals surface area contributed by atoms with Gasteiger partial charge >= 0.3 is 0 Å². The smallest absolute Gasteiger partial charge is 0.248 e. The second-order valence-electron chi connectivity index (χ2n) is 5.00. The van der Waals surface area contributed by atoms with Gasteiger partial charge in [-0.1, -0.05) is 0 Å².